The lowest BCUT2D eigenvalue weighted by Crippen LogP contribution is -2.42. The van der Waals surface area contributed by atoms with Crippen LogP contribution in [-0.2, 0) is 0 Å². The second kappa shape index (κ2) is 6.73. The molecule has 0 bridgehead atoms. The van der Waals surface area contributed by atoms with Crippen LogP contribution in [0.25, 0.3) is 0 Å². The van der Waals surface area contributed by atoms with Crippen LogP contribution in [0, 0.1) is 5.92 Å². The van der Waals surface area contributed by atoms with Gasteiger partial charge in [0.15, 0.2) is 0 Å². The van der Waals surface area contributed by atoms with Crippen LogP contribution in [-0.4, -0.2) is 43.5 Å². The highest BCUT2D eigenvalue weighted by atomic mass is 19.3. The number of nitrogens with zero attached hydrogens (tertiary/aromatic N) is 3. The van der Waals surface area contributed by atoms with Gasteiger partial charge in [0.05, 0.1) is 13.2 Å². The Labute approximate surface area is 107 Å². The second-order valence-electron chi connectivity index (χ2n) is 4.89. The largest absolute Gasteiger partial charge is 0.278 e. The minimum Gasteiger partial charge on any atom is -0.278 e. The molecule has 0 aromatic carbocycles. The normalized spacial score (nSPS) is 21.7. The zero-order valence-electron chi connectivity index (χ0n) is 11.1. The molecule has 102 valence electrons. The number of likely N-dealkylation sites (tertiary alicyclic amines) is 1. The number of allylic oxidation sites excluding steroid dienone is 2. The van der Waals surface area contributed by atoms with Gasteiger partial charge >= 0.3 is 0 Å². The van der Waals surface area contributed by atoms with E-state index in [9.17, 15) is 8.78 Å². The third-order valence-electron chi connectivity index (χ3n) is 2.88. The summed E-state index contributed by atoms with van der Waals surface area (Å²) in [5, 5.41) is 0. The Kier molecular flexibility index (Phi) is 5.59. The number of piperidine rings is 1. The molecule has 18 heavy (non-hydrogen) atoms. The molecule has 0 aromatic rings. The van der Waals surface area contributed by atoms with Crippen molar-refractivity contribution in [3.63, 3.8) is 0 Å². The first-order valence-electron chi connectivity index (χ1n) is 6.21. The fourth-order valence-electron chi connectivity index (χ4n) is 1.89. The first-order valence-corrected chi connectivity index (χ1v) is 6.21. The molecule has 0 aliphatic carbocycles. The molecule has 0 amide bonds. The van der Waals surface area contributed by atoms with Crippen LogP contribution in [0.5, 0.6) is 0 Å². The van der Waals surface area contributed by atoms with Gasteiger partial charge in [-0.05, 0) is 25.1 Å². The lowest BCUT2D eigenvalue weighted by Gasteiger charge is -2.30. The molecule has 0 atom stereocenters. The van der Waals surface area contributed by atoms with Crippen LogP contribution in [0.2, 0.25) is 0 Å². The van der Waals surface area contributed by atoms with Crippen molar-refractivity contribution in [2.24, 2.45) is 15.9 Å². The van der Waals surface area contributed by atoms with Crippen molar-refractivity contribution in [1.29, 1.82) is 0 Å². The molecule has 0 N–H and O–H groups in total. The predicted octanol–water partition coefficient (Wildman–Crippen LogP) is 2.99. The first kappa shape index (κ1) is 15.0. The average Bonchev–Trinajstić information content (AvgIpc) is 2.27. The van der Waals surface area contributed by atoms with Gasteiger partial charge in [0.2, 0.25) is 0 Å². The van der Waals surface area contributed by atoms with Gasteiger partial charge < -0.3 is 0 Å². The van der Waals surface area contributed by atoms with Gasteiger partial charge in [0, 0.05) is 24.9 Å². The Balaban J connectivity index is 2.43. The number of aliphatic imine (C=N–C) groups is 2. The van der Waals surface area contributed by atoms with E-state index in [0.29, 0.717) is 19.6 Å². The number of halogens is 2. The van der Waals surface area contributed by atoms with Gasteiger partial charge in [-0.1, -0.05) is 13.8 Å². The number of rotatable bonds is 5. The Bertz CT molecular complexity index is 335. The molecule has 1 heterocycles. The third-order valence-corrected chi connectivity index (χ3v) is 2.88. The molecule has 0 spiro atoms. The van der Waals surface area contributed by atoms with Gasteiger partial charge in [-0.3, -0.25) is 14.9 Å². The summed E-state index contributed by atoms with van der Waals surface area (Å²) in [6.07, 6.45) is 3.92. The molecule has 1 aliphatic heterocycles. The number of hydrogen-bond donors (Lipinski definition) is 0. The van der Waals surface area contributed by atoms with Crippen molar-refractivity contribution >= 4 is 12.9 Å². The smallest absolute Gasteiger partial charge is 0.260 e. The fourth-order valence-corrected chi connectivity index (χ4v) is 1.89. The van der Waals surface area contributed by atoms with Crippen LogP contribution in [0.3, 0.4) is 0 Å². The molecule has 1 rings (SSSR count). The lowest BCUT2D eigenvalue weighted by molar-refractivity contribution is -0.0630. The summed E-state index contributed by atoms with van der Waals surface area (Å²) < 4.78 is 26.2. The predicted molar refractivity (Wildman–Crippen MR) is 71.6 cm³/mol. The Morgan fingerprint density at radius 3 is 2.78 bits per heavy atom. The highest BCUT2D eigenvalue weighted by molar-refractivity contribution is 5.72. The van der Waals surface area contributed by atoms with Crippen molar-refractivity contribution in [2.75, 3.05) is 19.8 Å². The summed E-state index contributed by atoms with van der Waals surface area (Å²) in [7, 11) is 0. The maximum atomic E-state index is 13.1. The molecule has 1 aliphatic rings. The Morgan fingerprint density at radius 1 is 1.50 bits per heavy atom. The molecular formula is C13H21F2N3. The van der Waals surface area contributed by atoms with E-state index in [-0.39, 0.29) is 18.9 Å². The first-order chi connectivity index (χ1) is 8.44. The molecule has 0 unspecified atom stereocenters. The van der Waals surface area contributed by atoms with E-state index in [2.05, 4.69) is 16.7 Å². The van der Waals surface area contributed by atoms with Crippen molar-refractivity contribution in [3.05, 3.63) is 11.8 Å². The summed E-state index contributed by atoms with van der Waals surface area (Å²) >= 11 is 0. The van der Waals surface area contributed by atoms with E-state index in [1.54, 1.807) is 17.2 Å². The van der Waals surface area contributed by atoms with Gasteiger partial charge in [-0.2, -0.15) is 0 Å². The molecule has 1 fully saturated rings. The average molecular weight is 257 g/mol. The highest BCUT2D eigenvalue weighted by Gasteiger charge is 2.34. The quantitative estimate of drug-likeness (QED) is 0.696. The summed E-state index contributed by atoms with van der Waals surface area (Å²) in [5.41, 5.74) is 0.850. The van der Waals surface area contributed by atoms with E-state index < -0.39 is 5.92 Å². The molecule has 0 saturated carbocycles. The van der Waals surface area contributed by atoms with E-state index >= 15 is 0 Å². The van der Waals surface area contributed by atoms with E-state index in [1.165, 1.54) is 0 Å². The standard InChI is InChI=1S/C13H21F2N3/c1-11(2)12(16-3)5-7-17-10-18-8-4-6-13(14,15)9-18/h5,7,11H,3-4,6,8-10H2,1-2H3/b12-5-,17-7-. The van der Waals surface area contributed by atoms with E-state index in [1.807, 2.05) is 13.8 Å². The van der Waals surface area contributed by atoms with Gasteiger partial charge in [-0.25, -0.2) is 8.78 Å². The van der Waals surface area contributed by atoms with Crippen molar-refractivity contribution in [2.45, 2.75) is 32.6 Å². The monoisotopic (exact) mass is 257 g/mol. The minimum absolute atomic E-state index is 0.00893. The van der Waals surface area contributed by atoms with Crippen LogP contribution in [0.15, 0.2) is 21.8 Å². The maximum absolute atomic E-state index is 13.1. The Hall–Kier alpha value is -1.10. The van der Waals surface area contributed by atoms with E-state index in [0.717, 1.165) is 5.70 Å². The van der Waals surface area contributed by atoms with Crippen LogP contribution in [0.4, 0.5) is 8.78 Å². The number of hydrogen-bond acceptors (Lipinski definition) is 3. The summed E-state index contributed by atoms with van der Waals surface area (Å²) in [6.45, 7) is 8.32. The van der Waals surface area contributed by atoms with Crippen molar-refractivity contribution < 1.29 is 8.78 Å². The van der Waals surface area contributed by atoms with Crippen molar-refractivity contribution in [3.8, 4) is 0 Å². The molecule has 0 radical (unpaired) electrons. The Morgan fingerprint density at radius 2 is 2.22 bits per heavy atom. The zero-order valence-corrected chi connectivity index (χ0v) is 11.1. The van der Waals surface area contributed by atoms with Crippen LogP contribution >= 0.6 is 0 Å². The van der Waals surface area contributed by atoms with Gasteiger partial charge in [0.1, 0.15) is 0 Å². The summed E-state index contributed by atoms with van der Waals surface area (Å²) in [6, 6.07) is 0. The molecule has 3 nitrogen and oxygen atoms in total. The van der Waals surface area contributed by atoms with Crippen LogP contribution < -0.4 is 0 Å². The topological polar surface area (TPSA) is 28.0 Å². The third kappa shape index (κ3) is 5.04. The summed E-state index contributed by atoms with van der Waals surface area (Å²) in [5.74, 6) is -2.27. The fraction of sp³-hybridized carbons (Fsp3) is 0.692. The number of alkyl halides is 2. The summed E-state index contributed by atoms with van der Waals surface area (Å²) in [4.78, 5) is 9.69. The minimum atomic E-state index is -2.56. The van der Waals surface area contributed by atoms with E-state index in [4.69, 9.17) is 0 Å². The SMILES string of the molecule is C=N/C(=C\C=N/CN1CCCC(F)(F)C1)C(C)C. The maximum Gasteiger partial charge on any atom is 0.260 e. The highest BCUT2D eigenvalue weighted by Crippen LogP contribution is 2.26. The van der Waals surface area contributed by atoms with Gasteiger partial charge in [-0.15, -0.1) is 0 Å². The molecule has 1 saturated heterocycles. The lowest BCUT2D eigenvalue weighted by atomic mass is 10.1. The van der Waals surface area contributed by atoms with Gasteiger partial charge in [0.25, 0.3) is 5.92 Å². The molecule has 0 aromatic heterocycles. The molecular weight excluding hydrogens is 236 g/mol. The second-order valence-corrected chi connectivity index (χ2v) is 4.89. The van der Waals surface area contributed by atoms with Crippen molar-refractivity contribution in [1.82, 2.24) is 4.90 Å². The zero-order chi connectivity index (χ0) is 13.6. The molecule has 5 heteroatoms. The van der Waals surface area contributed by atoms with Crippen LogP contribution in [0.1, 0.15) is 26.7 Å².